The number of morpholine rings is 1. The molecule has 19 heavy (non-hydrogen) atoms. The van der Waals surface area contributed by atoms with Crippen molar-refractivity contribution in [2.24, 2.45) is 5.73 Å². The summed E-state index contributed by atoms with van der Waals surface area (Å²) < 4.78 is 5.55. The van der Waals surface area contributed by atoms with Crippen LogP contribution in [0.2, 0.25) is 0 Å². The molecule has 0 radical (unpaired) electrons. The van der Waals surface area contributed by atoms with E-state index in [-0.39, 0.29) is 17.9 Å². The van der Waals surface area contributed by atoms with Crippen molar-refractivity contribution in [3.05, 3.63) is 0 Å². The number of rotatable bonds is 3. The SMILES string of the molecule is CC(=O)NC[C@@H]1CN(C(=O)C2(N)CCCC2)CCO1. The van der Waals surface area contributed by atoms with Crippen LogP contribution in [0.3, 0.4) is 0 Å². The molecule has 1 heterocycles. The minimum atomic E-state index is -0.671. The summed E-state index contributed by atoms with van der Waals surface area (Å²) >= 11 is 0. The van der Waals surface area contributed by atoms with E-state index in [1.807, 2.05) is 0 Å². The average molecular weight is 269 g/mol. The zero-order chi connectivity index (χ0) is 13.9. The van der Waals surface area contributed by atoms with Gasteiger partial charge in [-0.2, -0.15) is 0 Å². The Balaban J connectivity index is 1.89. The fraction of sp³-hybridized carbons (Fsp3) is 0.846. The van der Waals surface area contributed by atoms with Crippen LogP contribution in [0.5, 0.6) is 0 Å². The molecule has 2 amide bonds. The van der Waals surface area contributed by atoms with E-state index in [0.29, 0.717) is 26.2 Å². The zero-order valence-electron chi connectivity index (χ0n) is 11.5. The van der Waals surface area contributed by atoms with Crippen LogP contribution < -0.4 is 11.1 Å². The summed E-state index contributed by atoms with van der Waals surface area (Å²) in [4.78, 5) is 25.2. The van der Waals surface area contributed by atoms with E-state index in [1.54, 1.807) is 4.90 Å². The van der Waals surface area contributed by atoms with Crippen LogP contribution in [-0.2, 0) is 14.3 Å². The molecule has 0 spiro atoms. The predicted molar refractivity (Wildman–Crippen MR) is 70.4 cm³/mol. The molecule has 2 rings (SSSR count). The maximum atomic E-state index is 12.5. The predicted octanol–water partition coefficient (Wildman–Crippen LogP) is -0.379. The highest BCUT2D eigenvalue weighted by atomic mass is 16.5. The van der Waals surface area contributed by atoms with Crippen LogP contribution in [-0.4, -0.2) is 54.6 Å². The third-order valence-electron chi connectivity index (χ3n) is 3.93. The molecule has 1 atom stereocenters. The fourth-order valence-corrected chi connectivity index (χ4v) is 2.82. The standard InChI is InChI=1S/C13H23N3O3/c1-10(17)15-8-11-9-16(6-7-19-11)12(18)13(14)4-2-3-5-13/h11H,2-9,14H2,1H3,(H,15,17)/t11-/m1/s1. The largest absolute Gasteiger partial charge is 0.373 e. The Labute approximate surface area is 113 Å². The van der Waals surface area contributed by atoms with Gasteiger partial charge in [0.2, 0.25) is 11.8 Å². The number of nitrogens with one attached hydrogen (secondary N) is 1. The van der Waals surface area contributed by atoms with Gasteiger partial charge in [0, 0.05) is 26.6 Å². The Morgan fingerprint density at radius 3 is 2.74 bits per heavy atom. The molecule has 0 unspecified atom stereocenters. The van der Waals surface area contributed by atoms with Crippen LogP contribution in [0.25, 0.3) is 0 Å². The lowest BCUT2D eigenvalue weighted by Crippen LogP contribution is -2.58. The Morgan fingerprint density at radius 2 is 2.11 bits per heavy atom. The van der Waals surface area contributed by atoms with Gasteiger partial charge < -0.3 is 20.7 Å². The summed E-state index contributed by atoms with van der Waals surface area (Å²) in [6.07, 6.45) is 3.48. The second kappa shape index (κ2) is 5.88. The van der Waals surface area contributed by atoms with Crippen molar-refractivity contribution in [3.63, 3.8) is 0 Å². The monoisotopic (exact) mass is 269 g/mol. The number of ether oxygens (including phenoxy) is 1. The van der Waals surface area contributed by atoms with Gasteiger partial charge in [-0.1, -0.05) is 12.8 Å². The van der Waals surface area contributed by atoms with Crippen molar-refractivity contribution in [1.29, 1.82) is 0 Å². The first-order valence-corrected chi connectivity index (χ1v) is 6.95. The molecular formula is C13H23N3O3. The summed E-state index contributed by atoms with van der Waals surface area (Å²) in [5, 5.41) is 2.72. The van der Waals surface area contributed by atoms with E-state index in [1.165, 1.54) is 6.92 Å². The van der Waals surface area contributed by atoms with Gasteiger partial charge in [-0.05, 0) is 12.8 Å². The Morgan fingerprint density at radius 1 is 1.42 bits per heavy atom. The third-order valence-corrected chi connectivity index (χ3v) is 3.93. The second-order valence-corrected chi connectivity index (χ2v) is 5.54. The highest BCUT2D eigenvalue weighted by Gasteiger charge is 2.41. The second-order valence-electron chi connectivity index (χ2n) is 5.54. The van der Waals surface area contributed by atoms with Crippen molar-refractivity contribution in [2.75, 3.05) is 26.2 Å². The van der Waals surface area contributed by atoms with Crippen molar-refractivity contribution >= 4 is 11.8 Å². The molecule has 1 saturated carbocycles. The lowest BCUT2D eigenvalue weighted by Gasteiger charge is -2.37. The maximum absolute atomic E-state index is 12.5. The highest BCUT2D eigenvalue weighted by Crippen LogP contribution is 2.29. The van der Waals surface area contributed by atoms with Crippen molar-refractivity contribution < 1.29 is 14.3 Å². The number of nitrogens with zero attached hydrogens (tertiary/aromatic N) is 1. The topological polar surface area (TPSA) is 84.7 Å². The van der Waals surface area contributed by atoms with Gasteiger partial charge in [-0.3, -0.25) is 9.59 Å². The molecule has 0 aromatic rings. The lowest BCUT2D eigenvalue weighted by molar-refractivity contribution is -0.144. The Kier molecular flexibility index (Phi) is 4.42. The van der Waals surface area contributed by atoms with Crippen LogP contribution >= 0.6 is 0 Å². The number of carbonyl (C=O) groups excluding carboxylic acids is 2. The van der Waals surface area contributed by atoms with Gasteiger partial charge in [0.25, 0.3) is 0 Å². The van der Waals surface area contributed by atoms with Crippen LogP contribution in [0, 0.1) is 0 Å². The van der Waals surface area contributed by atoms with Gasteiger partial charge in [0.15, 0.2) is 0 Å². The lowest BCUT2D eigenvalue weighted by atomic mass is 9.96. The minimum absolute atomic E-state index is 0.0427. The number of nitrogens with two attached hydrogens (primary N) is 1. The van der Waals surface area contributed by atoms with E-state index < -0.39 is 5.54 Å². The van der Waals surface area contributed by atoms with Crippen LogP contribution in [0.1, 0.15) is 32.6 Å². The van der Waals surface area contributed by atoms with Crippen molar-refractivity contribution in [1.82, 2.24) is 10.2 Å². The summed E-state index contributed by atoms with van der Waals surface area (Å²) in [6.45, 7) is 3.52. The average Bonchev–Trinajstić information content (AvgIpc) is 2.84. The van der Waals surface area contributed by atoms with Crippen molar-refractivity contribution in [2.45, 2.75) is 44.2 Å². The smallest absolute Gasteiger partial charge is 0.242 e. The van der Waals surface area contributed by atoms with E-state index >= 15 is 0 Å². The first kappa shape index (κ1) is 14.3. The summed E-state index contributed by atoms with van der Waals surface area (Å²) in [6, 6.07) is 0. The van der Waals surface area contributed by atoms with Gasteiger partial charge in [-0.15, -0.1) is 0 Å². The fourth-order valence-electron chi connectivity index (χ4n) is 2.82. The van der Waals surface area contributed by atoms with Gasteiger partial charge in [0.05, 0.1) is 18.2 Å². The molecule has 2 aliphatic rings. The van der Waals surface area contributed by atoms with E-state index in [9.17, 15) is 9.59 Å². The normalized spacial score (nSPS) is 26.2. The van der Waals surface area contributed by atoms with E-state index in [2.05, 4.69) is 5.32 Å². The molecule has 108 valence electrons. The number of amides is 2. The molecule has 1 aliphatic carbocycles. The van der Waals surface area contributed by atoms with E-state index in [0.717, 1.165) is 25.7 Å². The van der Waals surface area contributed by atoms with E-state index in [4.69, 9.17) is 10.5 Å². The first-order chi connectivity index (χ1) is 9.01. The third kappa shape index (κ3) is 3.45. The molecule has 0 bridgehead atoms. The number of hydrogen-bond donors (Lipinski definition) is 2. The number of carbonyl (C=O) groups is 2. The summed E-state index contributed by atoms with van der Waals surface area (Å²) in [5.74, 6) is -0.0423. The summed E-state index contributed by atoms with van der Waals surface area (Å²) in [5.41, 5.74) is 5.53. The molecule has 1 saturated heterocycles. The maximum Gasteiger partial charge on any atom is 0.242 e. The van der Waals surface area contributed by atoms with Gasteiger partial charge in [0.1, 0.15) is 0 Å². The molecule has 1 aliphatic heterocycles. The molecule has 0 aromatic heterocycles. The van der Waals surface area contributed by atoms with Crippen LogP contribution in [0.4, 0.5) is 0 Å². The molecule has 6 heteroatoms. The molecule has 2 fully saturated rings. The molecular weight excluding hydrogens is 246 g/mol. The quantitative estimate of drug-likeness (QED) is 0.731. The number of hydrogen-bond acceptors (Lipinski definition) is 4. The summed E-state index contributed by atoms with van der Waals surface area (Å²) in [7, 11) is 0. The first-order valence-electron chi connectivity index (χ1n) is 6.95. The molecule has 6 nitrogen and oxygen atoms in total. The van der Waals surface area contributed by atoms with Crippen LogP contribution in [0.15, 0.2) is 0 Å². The van der Waals surface area contributed by atoms with Gasteiger partial charge in [-0.25, -0.2) is 0 Å². The van der Waals surface area contributed by atoms with Gasteiger partial charge >= 0.3 is 0 Å². The molecule has 0 aromatic carbocycles. The minimum Gasteiger partial charge on any atom is -0.373 e. The van der Waals surface area contributed by atoms with Crippen molar-refractivity contribution in [3.8, 4) is 0 Å². The Bertz CT molecular complexity index is 353. The molecule has 3 N–H and O–H groups in total. The Hall–Kier alpha value is -1.14. The zero-order valence-corrected chi connectivity index (χ0v) is 11.5. The highest BCUT2D eigenvalue weighted by molar-refractivity contribution is 5.86.